The smallest absolute Gasteiger partial charge is 0.143 e. The van der Waals surface area contributed by atoms with Crippen LogP contribution in [0.4, 0.5) is 17.1 Å². The molecule has 2 heteroatoms. The van der Waals surface area contributed by atoms with Crippen molar-refractivity contribution in [2.45, 2.75) is 0 Å². The molecule has 0 fully saturated rings. The summed E-state index contributed by atoms with van der Waals surface area (Å²) in [5, 5.41) is 6.93. The van der Waals surface area contributed by atoms with Gasteiger partial charge in [0.1, 0.15) is 11.2 Å². The number of benzene rings is 8. The van der Waals surface area contributed by atoms with Gasteiger partial charge < -0.3 is 9.32 Å². The molecule has 0 atom stereocenters. The van der Waals surface area contributed by atoms with E-state index >= 15 is 0 Å². The third kappa shape index (κ3) is 4.27. The van der Waals surface area contributed by atoms with E-state index in [1.54, 1.807) is 0 Å². The van der Waals surface area contributed by atoms with Crippen LogP contribution in [-0.4, -0.2) is 0 Å². The molecule has 0 bridgehead atoms. The highest BCUT2D eigenvalue weighted by Gasteiger charge is 2.22. The molecular formula is C44H29NO. The summed E-state index contributed by atoms with van der Waals surface area (Å²) >= 11 is 0. The van der Waals surface area contributed by atoms with Gasteiger partial charge >= 0.3 is 0 Å². The van der Waals surface area contributed by atoms with Gasteiger partial charge in [0.15, 0.2) is 0 Å². The van der Waals surface area contributed by atoms with Crippen molar-refractivity contribution in [1.29, 1.82) is 0 Å². The lowest BCUT2D eigenvalue weighted by Gasteiger charge is -2.27. The molecule has 8 aromatic carbocycles. The summed E-state index contributed by atoms with van der Waals surface area (Å²) in [6.07, 6.45) is 0. The molecule has 216 valence electrons. The highest BCUT2D eigenvalue weighted by atomic mass is 16.3. The molecule has 2 nitrogen and oxygen atoms in total. The molecule has 0 aliphatic heterocycles. The molecule has 1 aromatic heterocycles. The third-order valence-corrected chi connectivity index (χ3v) is 9.05. The minimum Gasteiger partial charge on any atom is -0.455 e. The fourth-order valence-corrected chi connectivity index (χ4v) is 6.94. The molecule has 0 aliphatic rings. The Morgan fingerprint density at radius 3 is 1.78 bits per heavy atom. The van der Waals surface area contributed by atoms with Gasteiger partial charge in [0.25, 0.3) is 0 Å². The Hall–Kier alpha value is -6.12. The Morgan fingerprint density at radius 2 is 0.978 bits per heavy atom. The monoisotopic (exact) mass is 587 g/mol. The maximum atomic E-state index is 6.73. The van der Waals surface area contributed by atoms with Crippen molar-refractivity contribution in [2.75, 3.05) is 4.90 Å². The number of furan rings is 1. The maximum absolute atomic E-state index is 6.73. The van der Waals surface area contributed by atoms with E-state index in [0.29, 0.717) is 0 Å². The largest absolute Gasteiger partial charge is 0.455 e. The molecule has 46 heavy (non-hydrogen) atoms. The number of nitrogens with zero attached hydrogens (tertiary/aromatic N) is 1. The van der Waals surface area contributed by atoms with Crippen molar-refractivity contribution < 1.29 is 4.42 Å². The highest BCUT2D eigenvalue weighted by molar-refractivity contribution is 6.23. The van der Waals surface area contributed by atoms with E-state index in [0.717, 1.165) is 49.8 Å². The first-order chi connectivity index (χ1) is 22.8. The Labute approximate surface area is 267 Å². The first-order valence-electron chi connectivity index (χ1n) is 15.7. The van der Waals surface area contributed by atoms with Crippen molar-refractivity contribution in [3.8, 4) is 22.3 Å². The van der Waals surface area contributed by atoms with Crippen LogP contribution in [0.3, 0.4) is 0 Å². The molecule has 0 unspecified atom stereocenters. The van der Waals surface area contributed by atoms with Crippen LogP contribution in [0.2, 0.25) is 0 Å². The highest BCUT2D eigenvalue weighted by Crippen LogP contribution is 2.47. The zero-order chi connectivity index (χ0) is 30.5. The van der Waals surface area contributed by atoms with Gasteiger partial charge in [-0.25, -0.2) is 0 Å². The van der Waals surface area contributed by atoms with Gasteiger partial charge in [-0.1, -0.05) is 140 Å². The summed E-state index contributed by atoms with van der Waals surface area (Å²) in [5.74, 6) is 0. The van der Waals surface area contributed by atoms with E-state index in [1.807, 2.05) is 0 Å². The molecule has 9 aromatic rings. The molecule has 0 spiro atoms. The van der Waals surface area contributed by atoms with Crippen molar-refractivity contribution in [3.63, 3.8) is 0 Å². The normalized spacial score (nSPS) is 11.5. The molecule has 0 saturated heterocycles. The molecule has 9 rings (SSSR count). The molecule has 0 N–H and O–H groups in total. The fraction of sp³-hybridized carbons (Fsp3) is 0. The van der Waals surface area contributed by atoms with E-state index < -0.39 is 0 Å². The average molecular weight is 588 g/mol. The quantitative estimate of drug-likeness (QED) is 0.199. The number of anilines is 3. The van der Waals surface area contributed by atoms with Crippen LogP contribution in [0.5, 0.6) is 0 Å². The van der Waals surface area contributed by atoms with Crippen molar-refractivity contribution in [1.82, 2.24) is 0 Å². The van der Waals surface area contributed by atoms with E-state index in [4.69, 9.17) is 4.42 Å². The summed E-state index contributed by atoms with van der Waals surface area (Å²) in [7, 11) is 0. The first-order valence-corrected chi connectivity index (χ1v) is 15.7. The molecule has 0 amide bonds. The maximum Gasteiger partial charge on any atom is 0.143 e. The van der Waals surface area contributed by atoms with Gasteiger partial charge in [-0.05, 0) is 69.4 Å². The van der Waals surface area contributed by atoms with E-state index in [1.165, 1.54) is 33.0 Å². The van der Waals surface area contributed by atoms with Gasteiger partial charge in [-0.3, -0.25) is 0 Å². The summed E-state index contributed by atoms with van der Waals surface area (Å²) in [4.78, 5) is 2.37. The number of para-hydroxylation sites is 1. The van der Waals surface area contributed by atoms with Gasteiger partial charge in [-0.15, -0.1) is 0 Å². The Morgan fingerprint density at radius 1 is 0.391 bits per heavy atom. The SMILES string of the molecule is c1ccc(-c2ccc(N(c3ccccc3)c3cc4c(oc5cccc(-c6cccc7ccccc67)c54)c4ccccc34)cc2)cc1. The minimum absolute atomic E-state index is 0.890. The van der Waals surface area contributed by atoms with Gasteiger partial charge in [0, 0.05) is 32.9 Å². The van der Waals surface area contributed by atoms with Gasteiger partial charge in [-0.2, -0.15) is 0 Å². The fourth-order valence-electron chi connectivity index (χ4n) is 6.94. The second-order valence-corrected chi connectivity index (χ2v) is 11.7. The average Bonchev–Trinajstić information content (AvgIpc) is 3.52. The third-order valence-electron chi connectivity index (χ3n) is 9.05. The van der Waals surface area contributed by atoms with Crippen LogP contribution in [0.15, 0.2) is 180 Å². The lowest BCUT2D eigenvalue weighted by Crippen LogP contribution is -2.10. The van der Waals surface area contributed by atoms with Crippen LogP contribution in [0.25, 0.3) is 65.7 Å². The minimum atomic E-state index is 0.890. The van der Waals surface area contributed by atoms with E-state index in [2.05, 4.69) is 181 Å². The van der Waals surface area contributed by atoms with E-state index in [9.17, 15) is 0 Å². The number of hydrogen-bond donors (Lipinski definition) is 0. The van der Waals surface area contributed by atoms with Crippen LogP contribution in [-0.2, 0) is 0 Å². The first kappa shape index (κ1) is 26.3. The summed E-state index contributed by atoms with van der Waals surface area (Å²) in [6, 6.07) is 62.6. The van der Waals surface area contributed by atoms with Crippen molar-refractivity contribution in [3.05, 3.63) is 176 Å². The molecule has 0 radical (unpaired) electrons. The zero-order valence-electron chi connectivity index (χ0n) is 25.1. The molecule has 0 aliphatic carbocycles. The van der Waals surface area contributed by atoms with Gasteiger partial charge in [0.05, 0.1) is 5.69 Å². The van der Waals surface area contributed by atoms with Crippen molar-refractivity contribution in [2.24, 2.45) is 0 Å². The second-order valence-electron chi connectivity index (χ2n) is 11.7. The standard InChI is InChI=1S/C44H29NO/c1-3-13-30(14-4-1)31-25-27-34(28-26-31)45(33-17-5-2-6-18-33)41-29-40-43-38(36-22-11-16-32-15-7-8-19-35(32)36)23-12-24-42(43)46-44(40)39-21-10-9-20-37(39)41/h1-29H. The lowest BCUT2D eigenvalue weighted by atomic mass is 9.94. The lowest BCUT2D eigenvalue weighted by molar-refractivity contribution is 0.673. The molecule has 0 saturated carbocycles. The second kappa shape index (κ2) is 10.8. The topological polar surface area (TPSA) is 16.4 Å². The molecule has 1 heterocycles. The summed E-state index contributed by atoms with van der Waals surface area (Å²) < 4.78 is 6.73. The van der Waals surface area contributed by atoms with Gasteiger partial charge in [0.2, 0.25) is 0 Å². The zero-order valence-corrected chi connectivity index (χ0v) is 25.1. The van der Waals surface area contributed by atoms with Crippen LogP contribution in [0.1, 0.15) is 0 Å². The predicted molar refractivity (Wildman–Crippen MR) is 194 cm³/mol. The predicted octanol–water partition coefficient (Wildman–Crippen LogP) is 12.7. The number of hydrogen-bond acceptors (Lipinski definition) is 2. The number of fused-ring (bicyclic) bond motifs is 6. The van der Waals surface area contributed by atoms with E-state index in [-0.39, 0.29) is 0 Å². The Balaban J connectivity index is 1.33. The Kier molecular flexibility index (Phi) is 6.17. The van der Waals surface area contributed by atoms with Crippen LogP contribution < -0.4 is 4.90 Å². The summed E-state index contributed by atoms with van der Waals surface area (Å²) in [6.45, 7) is 0. The summed E-state index contributed by atoms with van der Waals surface area (Å²) in [5.41, 5.74) is 9.88. The van der Waals surface area contributed by atoms with Crippen molar-refractivity contribution >= 4 is 60.5 Å². The van der Waals surface area contributed by atoms with Crippen LogP contribution >= 0.6 is 0 Å². The Bertz CT molecular complexity index is 2510. The number of rotatable bonds is 5. The van der Waals surface area contributed by atoms with Crippen LogP contribution in [0, 0.1) is 0 Å². The molecular weight excluding hydrogens is 558 g/mol.